The fourth-order valence-electron chi connectivity index (χ4n) is 3.07. The Morgan fingerprint density at radius 1 is 1.26 bits per heavy atom. The van der Waals surface area contributed by atoms with Crippen LogP contribution in [0.1, 0.15) is 24.5 Å². The molecule has 0 radical (unpaired) electrons. The zero-order valence-electron chi connectivity index (χ0n) is 12.8. The van der Waals surface area contributed by atoms with Gasteiger partial charge in [0.1, 0.15) is 17.3 Å². The molecule has 118 valence electrons. The monoisotopic (exact) mass is 312 g/mol. The van der Waals surface area contributed by atoms with E-state index in [1.165, 1.54) is 26.2 Å². The molecule has 2 aromatic rings. The van der Waals surface area contributed by atoms with E-state index >= 15 is 0 Å². The van der Waals surface area contributed by atoms with Crippen molar-refractivity contribution in [3.8, 4) is 5.75 Å². The number of carbonyl (C=O) groups is 2. The van der Waals surface area contributed by atoms with E-state index in [2.05, 4.69) is 0 Å². The number of hydrogen-bond donors (Lipinski definition) is 2. The van der Waals surface area contributed by atoms with Gasteiger partial charge in [-0.3, -0.25) is 9.59 Å². The molecule has 5 heteroatoms. The summed E-state index contributed by atoms with van der Waals surface area (Å²) in [7, 11) is 1.44. The first kappa shape index (κ1) is 15.2. The number of methoxy groups -OCH3 is 1. The van der Waals surface area contributed by atoms with Crippen LogP contribution in [0.25, 0.3) is 16.5 Å². The Morgan fingerprint density at radius 3 is 2.65 bits per heavy atom. The number of phenolic OH excluding ortho intramolecular Hbond substituents is 1. The Morgan fingerprint density at radius 2 is 2.00 bits per heavy atom. The van der Waals surface area contributed by atoms with E-state index in [4.69, 9.17) is 4.74 Å². The third-order valence-corrected chi connectivity index (χ3v) is 4.09. The molecule has 1 aliphatic rings. The van der Waals surface area contributed by atoms with E-state index in [1.807, 2.05) is 0 Å². The Labute approximate surface area is 132 Å². The summed E-state index contributed by atoms with van der Waals surface area (Å²) in [6, 6.07) is 8.11. The first-order valence-corrected chi connectivity index (χ1v) is 7.15. The molecule has 1 atom stereocenters. The first-order chi connectivity index (χ1) is 10.9. The molecular formula is C18H16O5. The number of carbonyl (C=O) groups excluding carboxylic acids is 2. The number of ketones is 2. The van der Waals surface area contributed by atoms with Crippen LogP contribution in [-0.2, 0) is 19.9 Å². The number of phenols is 1. The maximum Gasteiger partial charge on any atom is 0.195 e. The highest BCUT2D eigenvalue weighted by molar-refractivity contribution is 6.11. The lowest BCUT2D eigenvalue weighted by molar-refractivity contribution is -0.139. The zero-order valence-corrected chi connectivity index (χ0v) is 12.8. The molecule has 0 aromatic heterocycles. The minimum Gasteiger partial charge on any atom is -0.508 e. The maximum absolute atomic E-state index is 12.4. The van der Waals surface area contributed by atoms with Gasteiger partial charge in [0.15, 0.2) is 11.4 Å². The molecule has 0 amide bonds. The average molecular weight is 312 g/mol. The molecule has 0 saturated carbocycles. The minimum absolute atomic E-state index is 0.117. The van der Waals surface area contributed by atoms with Crippen LogP contribution in [0.4, 0.5) is 0 Å². The van der Waals surface area contributed by atoms with E-state index in [9.17, 15) is 19.8 Å². The van der Waals surface area contributed by atoms with Gasteiger partial charge in [-0.2, -0.15) is 0 Å². The summed E-state index contributed by atoms with van der Waals surface area (Å²) in [5, 5.41) is 22.0. The molecule has 23 heavy (non-hydrogen) atoms. The number of aliphatic hydroxyl groups is 1. The summed E-state index contributed by atoms with van der Waals surface area (Å²) in [5.74, 6) is -0.414. The number of benzene rings is 2. The van der Waals surface area contributed by atoms with Gasteiger partial charge in [0.25, 0.3) is 0 Å². The summed E-state index contributed by atoms with van der Waals surface area (Å²) in [6.45, 7) is 1.33. The van der Waals surface area contributed by atoms with E-state index < -0.39 is 11.4 Å². The fraction of sp³-hybridized carbons (Fsp3) is 0.222. The lowest BCUT2D eigenvalue weighted by Gasteiger charge is -2.32. The van der Waals surface area contributed by atoms with Crippen molar-refractivity contribution in [2.45, 2.75) is 18.9 Å². The van der Waals surface area contributed by atoms with Crippen molar-refractivity contribution in [1.29, 1.82) is 0 Å². The largest absolute Gasteiger partial charge is 0.508 e. The summed E-state index contributed by atoms with van der Waals surface area (Å²) in [4.78, 5) is 23.9. The summed E-state index contributed by atoms with van der Waals surface area (Å²) < 4.78 is 5.31. The zero-order chi connectivity index (χ0) is 16.8. The molecule has 2 aromatic carbocycles. The molecule has 3 rings (SSSR count). The van der Waals surface area contributed by atoms with Crippen molar-refractivity contribution in [2.75, 3.05) is 7.11 Å². The summed E-state index contributed by atoms with van der Waals surface area (Å²) >= 11 is 0. The molecule has 0 saturated heterocycles. The number of fused-ring (bicyclic) bond motifs is 3. The standard InChI is InChI=1S/C18H16O5/c1-10(19)9-18(22)14-6-3-11-7-12(20)4-5-13(11)17(14)15(23-2)8-16(18)21/h3-8,20,22H,9H2,1-2H3/t18-/m1/s1. The molecule has 0 fully saturated rings. The highest BCUT2D eigenvalue weighted by Gasteiger charge is 2.43. The van der Waals surface area contributed by atoms with Crippen LogP contribution in [0, 0.1) is 0 Å². The van der Waals surface area contributed by atoms with Gasteiger partial charge in [-0.05, 0) is 35.9 Å². The lowest BCUT2D eigenvalue weighted by Crippen LogP contribution is -2.39. The van der Waals surface area contributed by atoms with E-state index in [0.29, 0.717) is 16.9 Å². The molecule has 0 heterocycles. The van der Waals surface area contributed by atoms with Gasteiger partial charge in [0.2, 0.25) is 0 Å². The summed E-state index contributed by atoms with van der Waals surface area (Å²) in [6.07, 6.45) is 0.924. The fourth-order valence-corrected chi connectivity index (χ4v) is 3.07. The SMILES string of the molecule is COC1=CC(=O)[C@@](O)(CC(C)=O)c2ccc3cc(O)ccc3c21. The molecule has 0 unspecified atom stereocenters. The topological polar surface area (TPSA) is 83.8 Å². The second-order valence-electron chi connectivity index (χ2n) is 5.71. The van der Waals surface area contributed by atoms with Gasteiger partial charge >= 0.3 is 0 Å². The normalized spacial score (nSPS) is 20.1. The molecule has 1 aliphatic carbocycles. The lowest BCUT2D eigenvalue weighted by atomic mass is 9.76. The maximum atomic E-state index is 12.4. The van der Waals surface area contributed by atoms with E-state index in [-0.39, 0.29) is 18.0 Å². The second-order valence-corrected chi connectivity index (χ2v) is 5.71. The molecule has 0 spiro atoms. The van der Waals surface area contributed by atoms with Gasteiger partial charge in [-0.15, -0.1) is 0 Å². The first-order valence-electron chi connectivity index (χ1n) is 7.15. The van der Waals surface area contributed by atoms with Crippen LogP contribution < -0.4 is 0 Å². The van der Waals surface area contributed by atoms with Crippen LogP contribution >= 0.6 is 0 Å². The number of hydrogen-bond acceptors (Lipinski definition) is 5. The molecular weight excluding hydrogens is 296 g/mol. The van der Waals surface area contributed by atoms with Crippen molar-refractivity contribution < 1.29 is 24.5 Å². The highest BCUT2D eigenvalue weighted by atomic mass is 16.5. The third-order valence-electron chi connectivity index (χ3n) is 4.09. The van der Waals surface area contributed by atoms with Crippen LogP contribution in [0.2, 0.25) is 0 Å². The Bertz CT molecular complexity index is 865. The van der Waals surface area contributed by atoms with Gasteiger partial charge in [-0.1, -0.05) is 12.1 Å². The number of ether oxygens (including phenoxy) is 1. The van der Waals surface area contributed by atoms with Crippen molar-refractivity contribution in [3.63, 3.8) is 0 Å². The number of aromatic hydroxyl groups is 1. The number of Topliss-reactive ketones (excluding diaryl/α,β-unsaturated/α-hetero) is 1. The smallest absolute Gasteiger partial charge is 0.195 e. The van der Waals surface area contributed by atoms with Gasteiger partial charge in [0, 0.05) is 23.6 Å². The molecule has 5 nitrogen and oxygen atoms in total. The third kappa shape index (κ3) is 2.29. The van der Waals surface area contributed by atoms with Gasteiger partial charge in [0.05, 0.1) is 7.11 Å². The predicted molar refractivity (Wildman–Crippen MR) is 84.8 cm³/mol. The van der Waals surface area contributed by atoms with Crippen molar-refractivity contribution >= 4 is 28.1 Å². The quantitative estimate of drug-likeness (QED) is 0.908. The van der Waals surface area contributed by atoms with Crippen molar-refractivity contribution in [2.24, 2.45) is 0 Å². The molecule has 0 aliphatic heterocycles. The van der Waals surface area contributed by atoms with Crippen LogP contribution in [-0.4, -0.2) is 28.9 Å². The Balaban J connectivity index is 2.36. The van der Waals surface area contributed by atoms with Gasteiger partial charge < -0.3 is 14.9 Å². The molecule has 2 N–H and O–H groups in total. The second kappa shape index (κ2) is 5.21. The van der Waals surface area contributed by atoms with Crippen LogP contribution in [0.15, 0.2) is 36.4 Å². The number of rotatable bonds is 3. The van der Waals surface area contributed by atoms with E-state index in [1.54, 1.807) is 24.3 Å². The Kier molecular flexibility index (Phi) is 3.45. The Hall–Kier alpha value is -2.66. The van der Waals surface area contributed by atoms with E-state index in [0.717, 1.165) is 10.8 Å². The van der Waals surface area contributed by atoms with Crippen LogP contribution in [0.5, 0.6) is 5.75 Å². The van der Waals surface area contributed by atoms with Crippen molar-refractivity contribution in [1.82, 2.24) is 0 Å². The minimum atomic E-state index is -1.89. The van der Waals surface area contributed by atoms with Crippen molar-refractivity contribution in [3.05, 3.63) is 47.5 Å². The average Bonchev–Trinajstić information content (AvgIpc) is 2.49. The van der Waals surface area contributed by atoms with Gasteiger partial charge in [-0.25, -0.2) is 0 Å². The molecule has 0 bridgehead atoms. The predicted octanol–water partition coefficient (Wildman–Crippen LogP) is 2.28. The highest BCUT2D eigenvalue weighted by Crippen LogP contribution is 2.42. The van der Waals surface area contributed by atoms with Crippen LogP contribution in [0.3, 0.4) is 0 Å². The summed E-state index contributed by atoms with van der Waals surface area (Å²) in [5.41, 5.74) is -0.987.